The van der Waals surface area contributed by atoms with E-state index in [1.165, 1.54) is 11.3 Å². The average molecular weight is 429 g/mol. The summed E-state index contributed by atoms with van der Waals surface area (Å²) in [5, 5.41) is 7.78. The summed E-state index contributed by atoms with van der Waals surface area (Å²) in [4.78, 5) is 27.0. The van der Waals surface area contributed by atoms with E-state index in [4.69, 9.17) is 0 Å². The van der Waals surface area contributed by atoms with Gasteiger partial charge in [-0.25, -0.2) is 0 Å². The number of benzene rings is 2. The van der Waals surface area contributed by atoms with Crippen molar-refractivity contribution in [1.29, 1.82) is 0 Å². The van der Waals surface area contributed by atoms with Crippen LogP contribution in [0.1, 0.15) is 53.6 Å². The lowest BCUT2D eigenvalue weighted by molar-refractivity contribution is -0.133. The Morgan fingerprint density at radius 3 is 2.59 bits per heavy atom. The van der Waals surface area contributed by atoms with E-state index in [0.717, 1.165) is 36.9 Å². The van der Waals surface area contributed by atoms with E-state index in [1.807, 2.05) is 42.6 Å². The maximum atomic E-state index is 12.8. The SMILES string of the molecule is O=C(CN1C[C@@H](c2ccccc2)CC1=O)N[C@H]1CCCc2c1cnn2Cc1ccccc1. The van der Waals surface area contributed by atoms with E-state index in [0.29, 0.717) is 13.0 Å². The fourth-order valence-corrected chi connectivity index (χ4v) is 4.95. The van der Waals surface area contributed by atoms with Crippen LogP contribution in [0.25, 0.3) is 0 Å². The molecule has 2 heterocycles. The Kier molecular flexibility index (Phi) is 5.75. The lowest BCUT2D eigenvalue weighted by atomic mass is 9.93. The van der Waals surface area contributed by atoms with Crippen LogP contribution in [0.4, 0.5) is 0 Å². The Hall–Kier alpha value is -3.41. The van der Waals surface area contributed by atoms with Crippen LogP contribution in [0.15, 0.2) is 66.9 Å². The van der Waals surface area contributed by atoms with Crippen molar-refractivity contribution in [3.8, 4) is 0 Å². The molecular formula is C26H28N4O2. The predicted molar refractivity (Wildman–Crippen MR) is 122 cm³/mol. The van der Waals surface area contributed by atoms with Crippen LogP contribution in [0, 0.1) is 0 Å². The molecule has 2 atom stereocenters. The van der Waals surface area contributed by atoms with Gasteiger partial charge >= 0.3 is 0 Å². The Morgan fingerprint density at radius 2 is 1.81 bits per heavy atom. The number of nitrogens with one attached hydrogen (secondary N) is 1. The van der Waals surface area contributed by atoms with Gasteiger partial charge in [0.15, 0.2) is 0 Å². The number of likely N-dealkylation sites (tertiary alicyclic amines) is 1. The van der Waals surface area contributed by atoms with Crippen LogP contribution >= 0.6 is 0 Å². The molecule has 164 valence electrons. The second kappa shape index (κ2) is 8.99. The van der Waals surface area contributed by atoms with E-state index in [2.05, 4.69) is 39.4 Å². The molecule has 1 aliphatic heterocycles. The lowest BCUT2D eigenvalue weighted by Gasteiger charge is -2.25. The highest BCUT2D eigenvalue weighted by Crippen LogP contribution is 2.31. The fourth-order valence-electron chi connectivity index (χ4n) is 4.95. The average Bonchev–Trinajstić information content (AvgIpc) is 3.39. The van der Waals surface area contributed by atoms with Crippen molar-refractivity contribution < 1.29 is 9.59 Å². The standard InChI is InChI=1S/C26H28N4O2/c31-25(18-29-17-21(14-26(29)32)20-10-5-2-6-11-20)28-23-12-7-13-24-22(23)15-27-30(24)16-19-8-3-1-4-9-19/h1-6,8-11,15,21,23H,7,12-14,16-18H2,(H,28,31)/t21-,23-/m0/s1. The Morgan fingerprint density at radius 1 is 1.06 bits per heavy atom. The first-order valence-electron chi connectivity index (χ1n) is 11.4. The number of hydrogen-bond donors (Lipinski definition) is 1. The lowest BCUT2D eigenvalue weighted by Crippen LogP contribution is -2.40. The second-order valence-corrected chi connectivity index (χ2v) is 8.79. The van der Waals surface area contributed by atoms with E-state index < -0.39 is 0 Å². The molecule has 0 bridgehead atoms. The first-order valence-corrected chi connectivity index (χ1v) is 11.4. The third-order valence-electron chi connectivity index (χ3n) is 6.59. The molecule has 1 aromatic heterocycles. The molecule has 0 radical (unpaired) electrons. The van der Waals surface area contributed by atoms with Crippen molar-refractivity contribution in [2.24, 2.45) is 0 Å². The summed E-state index contributed by atoms with van der Waals surface area (Å²) in [6.07, 6.45) is 5.25. The molecule has 5 rings (SSSR count). The molecule has 1 saturated heterocycles. The molecule has 0 unspecified atom stereocenters. The molecule has 0 spiro atoms. The van der Waals surface area contributed by atoms with Gasteiger partial charge in [0.05, 0.1) is 25.3 Å². The molecule has 1 fully saturated rings. The van der Waals surface area contributed by atoms with Crippen LogP contribution in [0.3, 0.4) is 0 Å². The van der Waals surface area contributed by atoms with Crippen molar-refractivity contribution in [1.82, 2.24) is 20.0 Å². The minimum absolute atomic E-state index is 0.0431. The smallest absolute Gasteiger partial charge is 0.240 e. The molecule has 1 N–H and O–H groups in total. The number of carbonyl (C=O) groups is 2. The van der Waals surface area contributed by atoms with Crippen LogP contribution in [0.5, 0.6) is 0 Å². The zero-order valence-electron chi connectivity index (χ0n) is 18.1. The summed E-state index contributed by atoms with van der Waals surface area (Å²) in [5.74, 6) is 0.115. The summed E-state index contributed by atoms with van der Waals surface area (Å²) in [6, 6.07) is 20.3. The van der Waals surface area contributed by atoms with Gasteiger partial charge in [0.25, 0.3) is 0 Å². The summed E-state index contributed by atoms with van der Waals surface area (Å²) in [7, 11) is 0. The van der Waals surface area contributed by atoms with E-state index in [9.17, 15) is 9.59 Å². The van der Waals surface area contributed by atoms with Crippen LogP contribution in [-0.2, 0) is 22.6 Å². The monoisotopic (exact) mass is 428 g/mol. The number of nitrogens with zero attached hydrogens (tertiary/aromatic N) is 3. The van der Waals surface area contributed by atoms with Gasteiger partial charge in [-0.1, -0.05) is 60.7 Å². The molecule has 0 saturated carbocycles. The quantitative estimate of drug-likeness (QED) is 0.654. The number of fused-ring (bicyclic) bond motifs is 1. The van der Waals surface area contributed by atoms with Crippen LogP contribution in [-0.4, -0.2) is 39.6 Å². The van der Waals surface area contributed by atoms with Crippen LogP contribution < -0.4 is 5.32 Å². The minimum Gasteiger partial charge on any atom is -0.348 e. The summed E-state index contributed by atoms with van der Waals surface area (Å²) in [6.45, 7) is 1.45. The maximum absolute atomic E-state index is 12.8. The maximum Gasteiger partial charge on any atom is 0.240 e. The Balaban J connectivity index is 1.22. The molecule has 2 amide bonds. The Bertz CT molecular complexity index is 1090. The molecular weight excluding hydrogens is 400 g/mol. The second-order valence-electron chi connectivity index (χ2n) is 8.79. The molecule has 6 heteroatoms. The summed E-state index contributed by atoms with van der Waals surface area (Å²) >= 11 is 0. The third kappa shape index (κ3) is 4.31. The highest BCUT2D eigenvalue weighted by Gasteiger charge is 2.32. The normalized spacial score (nSPS) is 20.2. The van der Waals surface area contributed by atoms with Gasteiger partial charge in [-0.3, -0.25) is 14.3 Å². The van der Waals surface area contributed by atoms with Gasteiger partial charge in [0.2, 0.25) is 11.8 Å². The first kappa shape index (κ1) is 20.5. The predicted octanol–water partition coefficient (Wildman–Crippen LogP) is 3.44. The fraction of sp³-hybridized carbons (Fsp3) is 0.346. The van der Waals surface area contributed by atoms with Crippen molar-refractivity contribution >= 4 is 11.8 Å². The molecule has 3 aromatic rings. The first-order chi connectivity index (χ1) is 15.7. The van der Waals surface area contributed by atoms with E-state index in [-0.39, 0.29) is 30.3 Å². The molecule has 32 heavy (non-hydrogen) atoms. The number of aromatic nitrogens is 2. The Labute approximate surface area is 188 Å². The molecule has 2 aliphatic rings. The summed E-state index contributed by atoms with van der Waals surface area (Å²) < 4.78 is 2.05. The number of carbonyl (C=O) groups excluding carboxylic acids is 2. The molecule has 6 nitrogen and oxygen atoms in total. The van der Waals surface area contributed by atoms with Gasteiger partial charge in [0, 0.05) is 30.1 Å². The number of rotatable bonds is 6. The van der Waals surface area contributed by atoms with Crippen LogP contribution in [0.2, 0.25) is 0 Å². The number of hydrogen-bond acceptors (Lipinski definition) is 3. The molecule has 1 aliphatic carbocycles. The summed E-state index contributed by atoms with van der Waals surface area (Å²) in [5.41, 5.74) is 4.68. The number of amides is 2. The third-order valence-corrected chi connectivity index (χ3v) is 6.59. The topological polar surface area (TPSA) is 67.2 Å². The largest absolute Gasteiger partial charge is 0.348 e. The minimum atomic E-state index is -0.0966. The zero-order valence-corrected chi connectivity index (χ0v) is 18.1. The zero-order chi connectivity index (χ0) is 21.9. The van der Waals surface area contributed by atoms with Crippen molar-refractivity contribution in [3.05, 3.63) is 89.2 Å². The highest BCUT2D eigenvalue weighted by atomic mass is 16.2. The van der Waals surface area contributed by atoms with Gasteiger partial charge in [-0.05, 0) is 30.4 Å². The van der Waals surface area contributed by atoms with Gasteiger partial charge in [-0.15, -0.1) is 0 Å². The van der Waals surface area contributed by atoms with Gasteiger partial charge < -0.3 is 10.2 Å². The van der Waals surface area contributed by atoms with Crippen molar-refractivity contribution in [2.75, 3.05) is 13.1 Å². The molecule has 2 aromatic carbocycles. The van der Waals surface area contributed by atoms with Gasteiger partial charge in [0.1, 0.15) is 0 Å². The van der Waals surface area contributed by atoms with Gasteiger partial charge in [-0.2, -0.15) is 5.10 Å². The van der Waals surface area contributed by atoms with Crippen molar-refractivity contribution in [2.45, 2.75) is 44.2 Å². The highest BCUT2D eigenvalue weighted by molar-refractivity contribution is 5.86. The van der Waals surface area contributed by atoms with E-state index in [1.54, 1.807) is 4.90 Å². The van der Waals surface area contributed by atoms with E-state index >= 15 is 0 Å². The van der Waals surface area contributed by atoms with Crippen molar-refractivity contribution in [3.63, 3.8) is 0 Å².